The number of hydrogen-bond acceptors (Lipinski definition) is 1. The first-order valence-electron chi connectivity index (χ1n) is 5.83. The number of carbonyl (C=O) groups excluding carboxylic acids is 1. The van der Waals surface area contributed by atoms with Gasteiger partial charge in [0.05, 0.1) is 0 Å². The second-order valence-electron chi connectivity index (χ2n) is 3.71. The maximum Gasteiger partial charge on any atom is 0.152 e. The molecule has 2 nitrogen and oxygen atoms in total. The van der Waals surface area contributed by atoms with Crippen molar-refractivity contribution in [2.45, 2.75) is 26.3 Å². The van der Waals surface area contributed by atoms with Gasteiger partial charge in [-0.25, -0.2) is 0 Å². The van der Waals surface area contributed by atoms with E-state index in [1.165, 1.54) is 0 Å². The van der Waals surface area contributed by atoms with Crippen molar-refractivity contribution in [3.05, 3.63) is 36.0 Å². The van der Waals surface area contributed by atoms with Gasteiger partial charge in [0.15, 0.2) is 6.26 Å². The van der Waals surface area contributed by atoms with Gasteiger partial charge in [-0.2, -0.15) is 0 Å². The van der Waals surface area contributed by atoms with E-state index in [2.05, 4.69) is 11.5 Å². The molecule has 2 heteroatoms. The van der Waals surface area contributed by atoms with Crippen LogP contribution in [0, 0.1) is 0 Å². The van der Waals surface area contributed by atoms with Crippen LogP contribution < -0.4 is 0 Å². The van der Waals surface area contributed by atoms with E-state index in [-0.39, 0.29) is 0 Å². The molecule has 0 spiro atoms. The number of aromatic nitrogens is 1. The second kappa shape index (κ2) is 4.30. The predicted molar refractivity (Wildman–Crippen MR) is 62.2 cm³/mol. The van der Waals surface area contributed by atoms with E-state index >= 15 is 0 Å². The van der Waals surface area contributed by atoms with Gasteiger partial charge in [-0.3, -0.25) is 4.79 Å². The van der Waals surface area contributed by atoms with Crippen LogP contribution in [0.1, 0.15) is 31.5 Å². The third kappa shape index (κ3) is 1.80. The zero-order chi connectivity index (χ0) is 11.5. The number of carbonyl (C=O) groups is 1. The number of aldehydes is 1. The highest BCUT2D eigenvalue weighted by atomic mass is 16.1. The Morgan fingerprint density at radius 3 is 3.00 bits per heavy atom. The van der Waals surface area contributed by atoms with Gasteiger partial charge in [-0.15, -0.1) is 0 Å². The predicted octanol–water partition coefficient (Wildman–Crippen LogP) is 3.25. The molecule has 0 saturated heterocycles. The lowest BCUT2D eigenvalue weighted by molar-refractivity contribution is 0.112. The number of benzene rings is 1. The van der Waals surface area contributed by atoms with E-state index in [1.807, 2.05) is 24.3 Å². The van der Waals surface area contributed by atoms with E-state index in [4.69, 9.17) is 1.37 Å². The molecule has 2 rings (SSSR count). The van der Waals surface area contributed by atoms with Gasteiger partial charge in [-0.05, 0) is 12.5 Å². The Balaban J connectivity index is 2.53. The molecule has 0 bridgehead atoms. The van der Waals surface area contributed by atoms with Gasteiger partial charge in [0.1, 0.15) is 1.37 Å². The minimum absolute atomic E-state index is 0.506. The van der Waals surface area contributed by atoms with Gasteiger partial charge in [-0.1, -0.05) is 31.5 Å². The number of aryl methyl sites for hydroxylation is 1. The first kappa shape index (κ1) is 8.72. The molecule has 0 saturated carbocycles. The van der Waals surface area contributed by atoms with Gasteiger partial charge in [0.2, 0.25) is 0 Å². The molecule has 0 atom stereocenters. The first-order valence-corrected chi connectivity index (χ1v) is 5.33. The summed E-state index contributed by atoms with van der Waals surface area (Å²) in [7, 11) is 0. The highest BCUT2D eigenvalue weighted by molar-refractivity contribution is 5.97. The van der Waals surface area contributed by atoms with Crippen molar-refractivity contribution in [2.75, 3.05) is 0 Å². The Kier molecular flexibility index (Phi) is 2.50. The van der Waals surface area contributed by atoms with Crippen LogP contribution in [-0.2, 0) is 6.54 Å². The molecule has 0 aliphatic heterocycles. The van der Waals surface area contributed by atoms with Crippen LogP contribution in [0.2, 0.25) is 0 Å². The summed E-state index contributed by atoms with van der Waals surface area (Å²) in [6.45, 7) is 3.05. The fourth-order valence-corrected chi connectivity index (χ4v) is 1.84. The summed E-state index contributed by atoms with van der Waals surface area (Å²) >= 11 is 0. The van der Waals surface area contributed by atoms with Crippen molar-refractivity contribution in [1.29, 1.82) is 0 Å². The number of fused-ring (bicyclic) bond motifs is 1. The van der Waals surface area contributed by atoms with Crippen molar-refractivity contribution in [3.8, 4) is 0 Å². The standard InChI is InChI=1S/C13H15NO/c1-2-3-8-14-9-11(10-15)12-6-4-5-7-13(12)14/h4-7,9-10H,2-3,8H2,1H3/i10D. The van der Waals surface area contributed by atoms with Gasteiger partial charge in [0, 0.05) is 29.2 Å². The number of unbranched alkanes of at least 4 members (excludes halogenated alkanes) is 1. The third-order valence-corrected chi connectivity index (χ3v) is 2.65. The largest absolute Gasteiger partial charge is 0.347 e. The van der Waals surface area contributed by atoms with E-state index in [9.17, 15) is 4.79 Å². The molecule has 0 aliphatic rings. The van der Waals surface area contributed by atoms with E-state index < -0.39 is 6.26 Å². The summed E-state index contributed by atoms with van der Waals surface area (Å²) in [4.78, 5) is 11.2. The van der Waals surface area contributed by atoms with Gasteiger partial charge in [0.25, 0.3) is 0 Å². The van der Waals surface area contributed by atoms with Crippen LogP contribution in [0.4, 0.5) is 0 Å². The number of rotatable bonds is 4. The molecule has 0 fully saturated rings. The Hall–Kier alpha value is -1.57. The molecule has 0 aliphatic carbocycles. The van der Waals surface area contributed by atoms with Crippen molar-refractivity contribution < 1.29 is 6.17 Å². The highest BCUT2D eigenvalue weighted by Gasteiger charge is 2.05. The molecule has 1 aromatic heterocycles. The molecule has 2 aromatic rings. The summed E-state index contributed by atoms with van der Waals surface area (Å²) in [5.41, 5.74) is 1.55. The fraction of sp³-hybridized carbons (Fsp3) is 0.308. The number of para-hydroxylation sites is 1. The van der Waals surface area contributed by atoms with E-state index in [0.29, 0.717) is 5.56 Å². The normalized spacial score (nSPS) is 11.7. The van der Waals surface area contributed by atoms with E-state index in [1.54, 1.807) is 6.20 Å². The maximum absolute atomic E-state index is 11.2. The molecule has 0 N–H and O–H groups in total. The average molecular weight is 202 g/mol. The molecule has 0 unspecified atom stereocenters. The average Bonchev–Trinajstić information content (AvgIpc) is 2.65. The van der Waals surface area contributed by atoms with Gasteiger partial charge >= 0.3 is 0 Å². The summed E-state index contributed by atoms with van der Waals surface area (Å²) in [6, 6.07) is 7.76. The smallest absolute Gasteiger partial charge is 0.152 e. The number of nitrogens with zero attached hydrogens (tertiary/aromatic N) is 1. The van der Waals surface area contributed by atoms with Crippen LogP contribution in [-0.4, -0.2) is 10.8 Å². The number of hydrogen-bond donors (Lipinski definition) is 0. The van der Waals surface area contributed by atoms with Crippen LogP contribution in [0.3, 0.4) is 0 Å². The molecule has 15 heavy (non-hydrogen) atoms. The molecular weight excluding hydrogens is 186 g/mol. The second-order valence-corrected chi connectivity index (χ2v) is 3.71. The van der Waals surface area contributed by atoms with Crippen LogP contribution in [0.25, 0.3) is 10.9 Å². The summed E-state index contributed by atoms with van der Waals surface area (Å²) in [5, 5.41) is 0.888. The lowest BCUT2D eigenvalue weighted by Gasteiger charge is -2.02. The quantitative estimate of drug-likeness (QED) is 0.697. The van der Waals surface area contributed by atoms with Gasteiger partial charge < -0.3 is 4.57 Å². The highest BCUT2D eigenvalue weighted by Crippen LogP contribution is 2.20. The molecule has 0 amide bonds. The van der Waals surface area contributed by atoms with Crippen molar-refractivity contribution in [1.82, 2.24) is 4.57 Å². The molecule has 1 aromatic carbocycles. The van der Waals surface area contributed by atoms with Crippen LogP contribution >= 0.6 is 0 Å². The Bertz CT molecular complexity index is 516. The van der Waals surface area contributed by atoms with Crippen LogP contribution in [0.15, 0.2) is 30.5 Å². The molecule has 0 radical (unpaired) electrons. The first-order chi connectivity index (χ1) is 7.74. The molecule has 1 heterocycles. The van der Waals surface area contributed by atoms with Crippen LogP contribution in [0.5, 0.6) is 0 Å². The van der Waals surface area contributed by atoms with Crippen molar-refractivity contribution >= 4 is 17.2 Å². The summed E-state index contributed by atoms with van der Waals surface area (Å²) in [6.07, 6.45) is 3.41. The zero-order valence-electron chi connectivity index (χ0n) is 9.86. The van der Waals surface area contributed by atoms with Crippen molar-refractivity contribution in [2.24, 2.45) is 0 Å². The summed E-state index contributed by atoms with van der Waals surface area (Å²) < 4.78 is 9.31. The lowest BCUT2D eigenvalue weighted by Crippen LogP contribution is -1.94. The minimum Gasteiger partial charge on any atom is -0.347 e. The minimum atomic E-state index is -0.605. The maximum atomic E-state index is 11.2. The lowest BCUT2D eigenvalue weighted by atomic mass is 10.2. The Labute approximate surface area is 90.9 Å². The topological polar surface area (TPSA) is 22.0 Å². The third-order valence-electron chi connectivity index (χ3n) is 2.65. The van der Waals surface area contributed by atoms with E-state index in [0.717, 1.165) is 30.3 Å². The molecular formula is C13H15NO. The summed E-state index contributed by atoms with van der Waals surface area (Å²) in [5.74, 6) is 0. The zero-order valence-corrected chi connectivity index (χ0v) is 8.86. The Morgan fingerprint density at radius 1 is 1.47 bits per heavy atom. The van der Waals surface area contributed by atoms with Crippen molar-refractivity contribution in [3.63, 3.8) is 0 Å². The Morgan fingerprint density at radius 2 is 2.27 bits per heavy atom. The fourth-order valence-electron chi connectivity index (χ4n) is 1.84. The molecule has 78 valence electrons. The monoisotopic (exact) mass is 202 g/mol. The SMILES string of the molecule is [2H]C(=O)c1cn(CCCC)c2ccccc12.